The van der Waals surface area contributed by atoms with E-state index >= 15 is 0 Å². The van der Waals surface area contributed by atoms with Gasteiger partial charge in [0.05, 0.1) is 12.9 Å². The molecule has 0 bridgehead atoms. The number of hydrogen-bond acceptors (Lipinski definition) is 4. The van der Waals surface area contributed by atoms with Gasteiger partial charge >= 0.3 is 5.97 Å². The highest BCUT2D eigenvalue weighted by atomic mass is 32.2. The molecule has 1 rings (SSSR count). The Morgan fingerprint density at radius 1 is 1.56 bits per heavy atom. The van der Waals surface area contributed by atoms with Gasteiger partial charge in [0.1, 0.15) is 5.82 Å². The Morgan fingerprint density at radius 3 is 2.81 bits per heavy atom. The number of methoxy groups -OCH3 is 1. The minimum atomic E-state index is -0.334. The summed E-state index contributed by atoms with van der Waals surface area (Å²) in [6.45, 7) is 0.280. The molecule has 1 aromatic rings. The van der Waals surface area contributed by atoms with Crippen molar-refractivity contribution in [3.63, 3.8) is 0 Å². The number of hydrogen-bond donors (Lipinski definition) is 1. The first-order chi connectivity index (χ1) is 7.69. The minimum absolute atomic E-state index is 0.173. The lowest BCUT2D eigenvalue weighted by Gasteiger charge is -2.14. The second kappa shape index (κ2) is 6.50. The number of rotatable bonds is 5. The van der Waals surface area contributed by atoms with Crippen LogP contribution in [0.5, 0.6) is 0 Å². The molecule has 5 heteroatoms. The van der Waals surface area contributed by atoms with Crippen molar-refractivity contribution in [1.82, 2.24) is 0 Å². The van der Waals surface area contributed by atoms with Crippen molar-refractivity contribution in [1.29, 1.82) is 0 Å². The van der Waals surface area contributed by atoms with Crippen molar-refractivity contribution in [3.8, 4) is 0 Å². The van der Waals surface area contributed by atoms with Crippen molar-refractivity contribution < 1.29 is 13.9 Å². The van der Waals surface area contributed by atoms with E-state index in [1.54, 1.807) is 18.2 Å². The van der Waals surface area contributed by atoms with Gasteiger partial charge in [0.2, 0.25) is 0 Å². The van der Waals surface area contributed by atoms with Crippen LogP contribution in [0.15, 0.2) is 24.3 Å². The molecule has 1 unspecified atom stereocenters. The summed E-state index contributed by atoms with van der Waals surface area (Å²) in [6, 6.07) is 6.44. The molecule has 1 atom stereocenters. The van der Waals surface area contributed by atoms with Gasteiger partial charge in [-0.1, -0.05) is 18.2 Å². The number of halogens is 1. The number of nitrogens with two attached hydrogens (primary N) is 1. The van der Waals surface area contributed by atoms with Gasteiger partial charge in [-0.15, -0.1) is 11.8 Å². The fourth-order valence-corrected chi connectivity index (χ4v) is 2.21. The van der Waals surface area contributed by atoms with Crippen molar-refractivity contribution in [2.45, 2.75) is 5.25 Å². The highest BCUT2D eigenvalue weighted by Crippen LogP contribution is 2.29. The maximum atomic E-state index is 13.4. The molecule has 0 spiro atoms. The molecule has 0 amide bonds. The van der Waals surface area contributed by atoms with Crippen LogP contribution in [0, 0.1) is 5.82 Å². The fourth-order valence-electron chi connectivity index (χ4n) is 1.25. The van der Waals surface area contributed by atoms with Crippen LogP contribution in [0.1, 0.15) is 10.8 Å². The second-order valence-corrected chi connectivity index (χ2v) is 4.32. The van der Waals surface area contributed by atoms with Gasteiger partial charge in [-0.2, -0.15) is 0 Å². The van der Waals surface area contributed by atoms with E-state index in [4.69, 9.17) is 5.73 Å². The molecule has 16 heavy (non-hydrogen) atoms. The van der Waals surface area contributed by atoms with E-state index in [9.17, 15) is 9.18 Å². The number of carbonyl (C=O) groups is 1. The smallest absolute Gasteiger partial charge is 0.315 e. The molecule has 0 saturated carbocycles. The Kier molecular flexibility index (Phi) is 5.28. The van der Waals surface area contributed by atoms with Crippen LogP contribution in [-0.2, 0) is 9.53 Å². The van der Waals surface area contributed by atoms with E-state index in [1.165, 1.54) is 24.9 Å². The minimum Gasteiger partial charge on any atom is -0.468 e. The average Bonchev–Trinajstić information content (AvgIpc) is 2.31. The summed E-state index contributed by atoms with van der Waals surface area (Å²) in [5.74, 6) is -0.456. The van der Waals surface area contributed by atoms with E-state index in [2.05, 4.69) is 4.74 Å². The summed E-state index contributed by atoms with van der Waals surface area (Å²) in [5, 5.41) is -0.222. The zero-order valence-corrected chi connectivity index (χ0v) is 9.80. The summed E-state index contributed by atoms with van der Waals surface area (Å²) < 4.78 is 18.0. The molecular formula is C11H14FNO2S. The van der Waals surface area contributed by atoms with E-state index in [0.717, 1.165) is 0 Å². The van der Waals surface area contributed by atoms with Crippen molar-refractivity contribution in [3.05, 3.63) is 35.6 Å². The Hall–Kier alpha value is -1.07. The number of benzene rings is 1. The summed E-state index contributed by atoms with van der Waals surface area (Å²) in [6.07, 6.45) is 0. The van der Waals surface area contributed by atoms with E-state index in [1.807, 2.05) is 0 Å². The largest absolute Gasteiger partial charge is 0.468 e. The maximum absolute atomic E-state index is 13.4. The van der Waals surface area contributed by atoms with E-state index in [-0.39, 0.29) is 29.3 Å². The first kappa shape index (κ1) is 13.0. The molecule has 0 fully saturated rings. The molecule has 0 saturated heterocycles. The molecule has 3 nitrogen and oxygen atoms in total. The Labute approximate surface area is 98.2 Å². The van der Waals surface area contributed by atoms with E-state index < -0.39 is 0 Å². The van der Waals surface area contributed by atoms with Crippen molar-refractivity contribution >= 4 is 17.7 Å². The standard InChI is InChI=1S/C11H14FNO2S/c1-15-11(14)7-16-10(6-13)8-4-2-3-5-9(8)12/h2-5,10H,6-7,13H2,1H3. The van der Waals surface area contributed by atoms with Crippen LogP contribution in [0.2, 0.25) is 0 Å². The SMILES string of the molecule is COC(=O)CSC(CN)c1ccccc1F. The molecule has 1 aromatic carbocycles. The zero-order valence-electron chi connectivity index (χ0n) is 8.98. The molecular weight excluding hydrogens is 229 g/mol. The van der Waals surface area contributed by atoms with Gasteiger partial charge in [-0.05, 0) is 6.07 Å². The molecule has 0 radical (unpaired) electrons. The van der Waals surface area contributed by atoms with Crippen molar-refractivity contribution in [2.75, 3.05) is 19.4 Å². The van der Waals surface area contributed by atoms with Crippen LogP contribution in [-0.4, -0.2) is 25.4 Å². The van der Waals surface area contributed by atoms with Crippen LogP contribution in [0.3, 0.4) is 0 Å². The van der Waals surface area contributed by atoms with Crippen LogP contribution in [0.4, 0.5) is 4.39 Å². The van der Waals surface area contributed by atoms with Gasteiger partial charge < -0.3 is 10.5 Å². The summed E-state index contributed by atoms with van der Waals surface area (Å²) in [5.41, 5.74) is 6.09. The van der Waals surface area contributed by atoms with Gasteiger partial charge in [0, 0.05) is 17.4 Å². The molecule has 0 aliphatic carbocycles. The Balaban J connectivity index is 2.68. The number of esters is 1. The highest BCUT2D eigenvalue weighted by molar-refractivity contribution is 8.00. The summed E-state index contributed by atoms with van der Waals surface area (Å²) >= 11 is 1.28. The zero-order chi connectivity index (χ0) is 12.0. The predicted octanol–water partition coefficient (Wildman–Crippen LogP) is 1.73. The lowest BCUT2D eigenvalue weighted by Crippen LogP contribution is -2.14. The van der Waals surface area contributed by atoms with Crippen molar-refractivity contribution in [2.24, 2.45) is 5.73 Å². The first-order valence-corrected chi connectivity index (χ1v) is 5.86. The molecule has 0 aliphatic rings. The normalized spacial score (nSPS) is 12.2. The highest BCUT2D eigenvalue weighted by Gasteiger charge is 2.15. The van der Waals surface area contributed by atoms with Crippen LogP contribution >= 0.6 is 11.8 Å². The summed E-state index contributed by atoms with van der Waals surface area (Å²) in [4.78, 5) is 11.0. The molecule has 0 aromatic heterocycles. The van der Waals surface area contributed by atoms with Gasteiger partial charge in [-0.25, -0.2) is 4.39 Å². The third kappa shape index (κ3) is 3.50. The van der Waals surface area contributed by atoms with Gasteiger partial charge in [0.15, 0.2) is 0 Å². The molecule has 0 heterocycles. The fraction of sp³-hybridized carbons (Fsp3) is 0.364. The lowest BCUT2D eigenvalue weighted by molar-refractivity contribution is -0.137. The first-order valence-electron chi connectivity index (χ1n) is 4.82. The average molecular weight is 243 g/mol. The Morgan fingerprint density at radius 2 is 2.25 bits per heavy atom. The Bertz CT molecular complexity index is 360. The predicted molar refractivity (Wildman–Crippen MR) is 62.7 cm³/mol. The number of carbonyl (C=O) groups excluding carboxylic acids is 1. The van der Waals surface area contributed by atoms with Gasteiger partial charge in [0.25, 0.3) is 0 Å². The maximum Gasteiger partial charge on any atom is 0.315 e. The topological polar surface area (TPSA) is 52.3 Å². The van der Waals surface area contributed by atoms with Gasteiger partial charge in [-0.3, -0.25) is 4.79 Å². The van der Waals surface area contributed by atoms with Crippen LogP contribution in [0.25, 0.3) is 0 Å². The number of ether oxygens (including phenoxy) is 1. The molecule has 2 N–H and O–H groups in total. The quantitative estimate of drug-likeness (QED) is 0.800. The monoisotopic (exact) mass is 243 g/mol. The third-order valence-corrected chi connectivity index (χ3v) is 3.35. The van der Waals surface area contributed by atoms with Crippen LogP contribution < -0.4 is 5.73 Å². The molecule has 0 aliphatic heterocycles. The lowest BCUT2D eigenvalue weighted by atomic mass is 10.1. The number of thioether (sulfide) groups is 1. The van der Waals surface area contributed by atoms with E-state index in [0.29, 0.717) is 5.56 Å². The second-order valence-electron chi connectivity index (χ2n) is 3.13. The summed E-state index contributed by atoms with van der Waals surface area (Å²) in [7, 11) is 1.32. The third-order valence-electron chi connectivity index (χ3n) is 2.10. The molecule has 88 valence electrons.